The van der Waals surface area contributed by atoms with E-state index in [-0.39, 0.29) is 5.82 Å². The van der Waals surface area contributed by atoms with E-state index in [0.717, 1.165) is 24.3 Å². The number of nitrogens with one attached hydrogen (secondary N) is 2. The Hall–Kier alpha value is -2.56. The molecule has 0 saturated carbocycles. The average Bonchev–Trinajstić information content (AvgIpc) is 2.62. The monoisotopic (exact) mass is 329 g/mol. The minimum absolute atomic E-state index is 0.168. The molecule has 2 rings (SSSR count). The molecule has 128 valence electrons. The van der Waals surface area contributed by atoms with Gasteiger partial charge in [0, 0.05) is 20.1 Å². The van der Waals surface area contributed by atoms with Crippen LogP contribution in [0.1, 0.15) is 11.1 Å². The van der Waals surface area contributed by atoms with Crippen molar-refractivity contribution >= 4 is 5.96 Å². The highest BCUT2D eigenvalue weighted by Crippen LogP contribution is 2.17. The number of halogens is 1. The summed E-state index contributed by atoms with van der Waals surface area (Å²) in [6, 6.07) is 14.8. The van der Waals surface area contributed by atoms with Crippen LogP contribution >= 0.6 is 0 Å². The smallest absolute Gasteiger partial charge is 0.190 e. The van der Waals surface area contributed by atoms with E-state index in [9.17, 15) is 4.39 Å². The summed E-state index contributed by atoms with van der Waals surface area (Å²) < 4.78 is 18.9. The van der Waals surface area contributed by atoms with Crippen molar-refractivity contribution in [2.75, 3.05) is 27.2 Å². The number of aliphatic imine (C=N–C) groups is 1. The van der Waals surface area contributed by atoms with Crippen molar-refractivity contribution in [3.63, 3.8) is 0 Å². The highest BCUT2D eigenvalue weighted by Gasteiger charge is 2.04. The van der Waals surface area contributed by atoms with E-state index in [1.807, 2.05) is 24.3 Å². The quantitative estimate of drug-likeness (QED) is 0.606. The van der Waals surface area contributed by atoms with Crippen LogP contribution in [0.2, 0.25) is 0 Å². The number of para-hydroxylation sites is 1. The van der Waals surface area contributed by atoms with Crippen LogP contribution in [0.15, 0.2) is 53.5 Å². The van der Waals surface area contributed by atoms with Gasteiger partial charge in [-0.05, 0) is 36.1 Å². The van der Waals surface area contributed by atoms with Crippen LogP contribution in [0.4, 0.5) is 4.39 Å². The molecule has 0 spiro atoms. The lowest BCUT2D eigenvalue weighted by Gasteiger charge is -2.13. The van der Waals surface area contributed by atoms with Gasteiger partial charge in [0.25, 0.3) is 0 Å². The van der Waals surface area contributed by atoms with E-state index < -0.39 is 0 Å². The Kier molecular flexibility index (Phi) is 7.08. The van der Waals surface area contributed by atoms with Gasteiger partial charge in [0.05, 0.1) is 7.11 Å². The largest absolute Gasteiger partial charge is 0.496 e. The van der Waals surface area contributed by atoms with E-state index in [2.05, 4.69) is 21.7 Å². The van der Waals surface area contributed by atoms with Crippen molar-refractivity contribution in [1.29, 1.82) is 0 Å². The molecule has 0 aromatic heterocycles. The Morgan fingerprint density at radius 1 is 0.958 bits per heavy atom. The third kappa shape index (κ3) is 5.26. The van der Waals surface area contributed by atoms with Crippen LogP contribution in [-0.4, -0.2) is 33.2 Å². The molecular weight excluding hydrogens is 305 g/mol. The number of hydrogen-bond acceptors (Lipinski definition) is 2. The Morgan fingerprint density at radius 3 is 2.17 bits per heavy atom. The van der Waals surface area contributed by atoms with Crippen molar-refractivity contribution in [3.05, 3.63) is 65.5 Å². The van der Waals surface area contributed by atoms with Crippen molar-refractivity contribution in [1.82, 2.24) is 10.6 Å². The number of ether oxygens (including phenoxy) is 1. The number of methoxy groups -OCH3 is 1. The lowest BCUT2D eigenvalue weighted by Crippen LogP contribution is -2.39. The molecule has 0 saturated heterocycles. The average molecular weight is 329 g/mol. The second-order valence-corrected chi connectivity index (χ2v) is 5.33. The zero-order valence-corrected chi connectivity index (χ0v) is 14.2. The third-order valence-electron chi connectivity index (χ3n) is 3.75. The van der Waals surface area contributed by atoms with Crippen molar-refractivity contribution in [3.8, 4) is 5.75 Å². The molecule has 0 bridgehead atoms. The standard InChI is InChI=1S/C19H24FN3O/c1-21-19(22-13-11-15-7-3-5-9-17(15)20)23-14-12-16-8-4-6-10-18(16)24-2/h3-10H,11-14H2,1-2H3,(H2,21,22,23). The van der Waals surface area contributed by atoms with Gasteiger partial charge in [0.15, 0.2) is 5.96 Å². The summed E-state index contributed by atoms with van der Waals surface area (Å²) in [6.45, 7) is 1.36. The lowest BCUT2D eigenvalue weighted by molar-refractivity contribution is 0.409. The van der Waals surface area contributed by atoms with Crippen molar-refractivity contribution in [2.24, 2.45) is 4.99 Å². The second kappa shape index (κ2) is 9.55. The third-order valence-corrected chi connectivity index (χ3v) is 3.75. The van der Waals surface area contributed by atoms with Gasteiger partial charge in [-0.1, -0.05) is 36.4 Å². The zero-order chi connectivity index (χ0) is 17.2. The molecule has 0 heterocycles. The predicted octanol–water partition coefficient (Wildman–Crippen LogP) is 2.78. The van der Waals surface area contributed by atoms with Crippen LogP contribution in [-0.2, 0) is 12.8 Å². The van der Waals surface area contributed by atoms with Gasteiger partial charge >= 0.3 is 0 Å². The Labute approximate surface area is 142 Å². The highest BCUT2D eigenvalue weighted by molar-refractivity contribution is 5.79. The van der Waals surface area contributed by atoms with Crippen LogP contribution in [0.3, 0.4) is 0 Å². The maximum Gasteiger partial charge on any atom is 0.190 e. The van der Waals surface area contributed by atoms with Gasteiger partial charge in [-0.15, -0.1) is 0 Å². The first kappa shape index (κ1) is 17.8. The fourth-order valence-corrected chi connectivity index (χ4v) is 2.46. The molecule has 0 amide bonds. The molecular formula is C19H24FN3O. The Bertz CT molecular complexity index is 673. The summed E-state index contributed by atoms with van der Waals surface area (Å²) >= 11 is 0. The zero-order valence-electron chi connectivity index (χ0n) is 14.2. The van der Waals surface area contributed by atoms with Gasteiger partial charge in [-0.25, -0.2) is 4.39 Å². The molecule has 5 heteroatoms. The summed E-state index contributed by atoms with van der Waals surface area (Å²) in [4.78, 5) is 4.18. The van der Waals surface area contributed by atoms with Crippen LogP contribution < -0.4 is 15.4 Å². The topological polar surface area (TPSA) is 45.7 Å². The molecule has 0 aliphatic carbocycles. The number of hydrogen-bond donors (Lipinski definition) is 2. The minimum atomic E-state index is -0.168. The number of benzene rings is 2. The molecule has 4 nitrogen and oxygen atoms in total. The molecule has 2 aromatic rings. The molecule has 0 unspecified atom stereocenters. The van der Waals surface area contributed by atoms with E-state index in [4.69, 9.17) is 4.74 Å². The Balaban J connectivity index is 1.76. The Morgan fingerprint density at radius 2 is 1.54 bits per heavy atom. The maximum absolute atomic E-state index is 13.6. The van der Waals surface area contributed by atoms with Crippen LogP contribution in [0.5, 0.6) is 5.75 Å². The first-order chi connectivity index (χ1) is 11.7. The minimum Gasteiger partial charge on any atom is -0.496 e. The molecule has 2 N–H and O–H groups in total. The molecule has 0 aliphatic heterocycles. The van der Waals surface area contributed by atoms with Gasteiger partial charge < -0.3 is 15.4 Å². The number of guanidine groups is 1. The summed E-state index contributed by atoms with van der Waals surface area (Å²) in [5, 5.41) is 6.46. The van der Waals surface area contributed by atoms with Crippen LogP contribution in [0.25, 0.3) is 0 Å². The second-order valence-electron chi connectivity index (χ2n) is 5.33. The van der Waals surface area contributed by atoms with E-state index >= 15 is 0 Å². The highest BCUT2D eigenvalue weighted by atomic mass is 19.1. The predicted molar refractivity (Wildman–Crippen MR) is 96.2 cm³/mol. The van der Waals surface area contributed by atoms with E-state index in [1.165, 1.54) is 6.07 Å². The van der Waals surface area contributed by atoms with Crippen molar-refractivity contribution in [2.45, 2.75) is 12.8 Å². The fourth-order valence-electron chi connectivity index (χ4n) is 2.46. The first-order valence-electron chi connectivity index (χ1n) is 8.04. The summed E-state index contributed by atoms with van der Waals surface area (Å²) in [7, 11) is 3.40. The summed E-state index contributed by atoms with van der Waals surface area (Å²) in [5.74, 6) is 1.43. The first-order valence-corrected chi connectivity index (χ1v) is 8.04. The molecule has 2 aromatic carbocycles. The number of rotatable bonds is 7. The normalized spacial score (nSPS) is 11.2. The van der Waals surface area contributed by atoms with E-state index in [0.29, 0.717) is 24.5 Å². The van der Waals surface area contributed by atoms with Crippen LogP contribution in [0, 0.1) is 5.82 Å². The van der Waals surface area contributed by atoms with Gasteiger partial charge in [-0.2, -0.15) is 0 Å². The van der Waals surface area contributed by atoms with E-state index in [1.54, 1.807) is 26.3 Å². The fraction of sp³-hybridized carbons (Fsp3) is 0.316. The maximum atomic E-state index is 13.6. The molecule has 0 fully saturated rings. The molecule has 0 atom stereocenters. The summed E-state index contributed by atoms with van der Waals surface area (Å²) in [6.07, 6.45) is 1.44. The molecule has 24 heavy (non-hydrogen) atoms. The van der Waals surface area contributed by atoms with Gasteiger partial charge in [-0.3, -0.25) is 4.99 Å². The SMILES string of the molecule is CN=C(NCCc1ccccc1F)NCCc1ccccc1OC. The molecule has 0 aliphatic rings. The van der Waals surface area contributed by atoms with Crippen molar-refractivity contribution < 1.29 is 9.13 Å². The lowest BCUT2D eigenvalue weighted by atomic mass is 10.1. The summed E-state index contributed by atoms with van der Waals surface area (Å²) in [5.41, 5.74) is 1.85. The van der Waals surface area contributed by atoms with Gasteiger partial charge in [0.2, 0.25) is 0 Å². The molecule has 0 radical (unpaired) electrons. The number of nitrogens with zero attached hydrogens (tertiary/aromatic N) is 1. The van der Waals surface area contributed by atoms with Gasteiger partial charge in [0.1, 0.15) is 11.6 Å².